The molecular formula is C26H60N2O4P4SSi. The van der Waals surface area contributed by atoms with Gasteiger partial charge in [0.05, 0.1) is 12.2 Å². The van der Waals surface area contributed by atoms with E-state index in [2.05, 4.69) is 84.1 Å². The molecule has 0 aromatic heterocycles. The summed E-state index contributed by atoms with van der Waals surface area (Å²) in [6.45, 7) is 25.5. The third-order valence-electron chi connectivity index (χ3n) is 7.70. The molecule has 38 heavy (non-hydrogen) atoms. The average Bonchev–Trinajstić information content (AvgIpc) is 2.77. The second-order valence-corrected chi connectivity index (χ2v) is 26.1. The molecule has 3 saturated heterocycles. The third kappa shape index (κ3) is 14.3. The molecule has 0 spiro atoms. The normalized spacial score (nSPS) is 31.4. The van der Waals surface area contributed by atoms with Crippen molar-refractivity contribution in [2.75, 3.05) is 50.8 Å². The summed E-state index contributed by atoms with van der Waals surface area (Å²) in [7, 11) is 1.67. The molecule has 0 saturated carbocycles. The monoisotopic (exact) mass is 648 g/mol. The van der Waals surface area contributed by atoms with Gasteiger partial charge in [-0.3, -0.25) is 0 Å². The lowest BCUT2D eigenvalue weighted by molar-refractivity contribution is 0.0586. The van der Waals surface area contributed by atoms with Crippen LogP contribution < -0.4 is 5.32 Å². The minimum absolute atomic E-state index is 0.256. The fraction of sp³-hybridized carbons (Fsp3) is 1.00. The van der Waals surface area contributed by atoms with Gasteiger partial charge in [0, 0.05) is 6.42 Å². The van der Waals surface area contributed by atoms with Crippen LogP contribution in [0.4, 0.5) is 0 Å². The number of nitrogens with one attached hydrogen (secondary N) is 1. The van der Waals surface area contributed by atoms with Crippen LogP contribution in [-0.2, 0) is 18.8 Å². The molecule has 3 aliphatic heterocycles. The predicted octanol–water partition coefficient (Wildman–Crippen LogP) is 6.22. The standard InChI is InChI=1S/C14H29NP2.C7H21NP2Si.C5H10O4S/c1-11-9-12(2)16(11)7-5-15-6-8-17-13(3)10-14(17)4;1-11(2,3)8(4-6-9)5-7-10;1-4-3-5(2)9-10(6,7)8-4/h11-15H,5-10H2,1-4H3;4-7,9-10H2,1-3H3;4-5H,3H2,1-2H3/t11-,12-,13-,14-;;4-,5-/m1.0/s1. The van der Waals surface area contributed by atoms with Gasteiger partial charge < -0.3 is 9.88 Å². The fourth-order valence-corrected chi connectivity index (χ4v) is 15.3. The van der Waals surface area contributed by atoms with Crippen molar-refractivity contribution in [1.29, 1.82) is 0 Å². The van der Waals surface area contributed by atoms with Crippen LogP contribution in [0, 0.1) is 0 Å². The van der Waals surface area contributed by atoms with Gasteiger partial charge in [-0.1, -0.05) is 63.2 Å². The van der Waals surface area contributed by atoms with E-state index >= 15 is 0 Å². The van der Waals surface area contributed by atoms with Crippen LogP contribution in [-0.4, -0.2) is 107 Å². The van der Waals surface area contributed by atoms with Gasteiger partial charge in [-0.2, -0.15) is 8.42 Å². The second-order valence-electron chi connectivity index (χ2n) is 12.3. The number of hydrogen-bond donors (Lipinski definition) is 1. The maximum absolute atomic E-state index is 10.6. The first-order valence-corrected chi connectivity index (χ1v) is 24.3. The molecule has 0 aromatic carbocycles. The molecule has 0 aliphatic carbocycles. The first kappa shape index (κ1) is 37.8. The second kappa shape index (κ2) is 18.4. The Morgan fingerprint density at radius 2 is 1.13 bits per heavy atom. The van der Waals surface area contributed by atoms with Crippen LogP contribution in [0.5, 0.6) is 0 Å². The van der Waals surface area contributed by atoms with E-state index in [-0.39, 0.29) is 12.2 Å². The van der Waals surface area contributed by atoms with Gasteiger partial charge >= 0.3 is 10.4 Å². The summed E-state index contributed by atoms with van der Waals surface area (Å²) >= 11 is 0. The summed E-state index contributed by atoms with van der Waals surface area (Å²) in [6.07, 6.45) is 8.45. The van der Waals surface area contributed by atoms with Crippen LogP contribution >= 0.6 is 34.3 Å². The quantitative estimate of drug-likeness (QED) is 0.163. The molecule has 3 heterocycles. The SMILES string of the molecule is C[C@@H]1C[C@@H](C)P1CCNCCP1[C@H](C)C[C@H]1C.C[C@H]1C[C@H](C)OS(=O)(=O)O1.C[Si](C)(C)N(CCP)CCP. The van der Waals surface area contributed by atoms with Crippen LogP contribution in [0.3, 0.4) is 0 Å². The van der Waals surface area contributed by atoms with E-state index in [4.69, 9.17) is 0 Å². The molecule has 0 amide bonds. The van der Waals surface area contributed by atoms with E-state index in [1.54, 1.807) is 13.8 Å². The van der Waals surface area contributed by atoms with E-state index in [1.165, 1.54) is 63.7 Å². The Morgan fingerprint density at radius 1 is 0.763 bits per heavy atom. The first-order valence-electron chi connectivity index (χ1n) is 14.6. The van der Waals surface area contributed by atoms with E-state index in [1.807, 2.05) is 0 Å². The van der Waals surface area contributed by atoms with Gasteiger partial charge in [0.25, 0.3) is 0 Å². The van der Waals surface area contributed by atoms with Crippen LogP contribution in [0.1, 0.15) is 60.8 Å². The Balaban J connectivity index is 0.000000301. The Morgan fingerprint density at radius 3 is 1.39 bits per heavy atom. The zero-order chi connectivity index (χ0) is 29.1. The number of nitrogens with zero attached hydrogens (tertiary/aromatic N) is 1. The topological polar surface area (TPSA) is 67.9 Å². The van der Waals surface area contributed by atoms with E-state index in [0.29, 0.717) is 22.3 Å². The average molecular weight is 649 g/mol. The molecule has 3 rings (SSSR count). The lowest BCUT2D eigenvalue weighted by Gasteiger charge is -2.43. The maximum atomic E-state index is 10.6. The molecule has 0 radical (unpaired) electrons. The van der Waals surface area contributed by atoms with Gasteiger partial charge in [-0.25, -0.2) is 8.37 Å². The Hall–Kier alpha value is 1.73. The molecule has 8 atom stereocenters. The van der Waals surface area contributed by atoms with Gasteiger partial charge in [-0.05, 0) is 100 Å². The number of hydrogen-bond acceptors (Lipinski definition) is 6. The molecule has 3 fully saturated rings. The van der Waals surface area contributed by atoms with Crippen molar-refractivity contribution in [2.24, 2.45) is 0 Å². The van der Waals surface area contributed by atoms with Gasteiger partial charge in [0.2, 0.25) is 0 Å². The summed E-state index contributed by atoms with van der Waals surface area (Å²) in [5.74, 6) is 0. The number of rotatable bonds is 11. The van der Waals surface area contributed by atoms with Crippen LogP contribution in [0.2, 0.25) is 19.6 Å². The largest absolute Gasteiger partial charge is 0.400 e. The zero-order valence-electron chi connectivity index (χ0n) is 25.8. The zero-order valence-corrected chi connectivity index (χ0v) is 31.7. The Bertz CT molecular complexity index is 700. The molecule has 0 bridgehead atoms. The minimum Gasteiger partial charge on any atom is -0.323 e. The maximum Gasteiger partial charge on any atom is 0.400 e. The highest BCUT2D eigenvalue weighted by molar-refractivity contribution is 7.81. The van der Waals surface area contributed by atoms with E-state index in [9.17, 15) is 8.42 Å². The highest BCUT2D eigenvalue weighted by atomic mass is 32.3. The smallest absolute Gasteiger partial charge is 0.323 e. The van der Waals surface area contributed by atoms with Crippen molar-refractivity contribution in [3.63, 3.8) is 0 Å². The van der Waals surface area contributed by atoms with Gasteiger partial charge in [-0.15, -0.1) is 18.5 Å². The highest BCUT2D eigenvalue weighted by Gasteiger charge is 2.34. The third-order valence-corrected chi connectivity index (χ3v) is 18.5. The summed E-state index contributed by atoms with van der Waals surface area (Å²) < 4.78 is 32.9. The minimum atomic E-state index is -3.68. The summed E-state index contributed by atoms with van der Waals surface area (Å²) in [5, 5.41) is 3.70. The predicted molar refractivity (Wildman–Crippen MR) is 182 cm³/mol. The summed E-state index contributed by atoms with van der Waals surface area (Å²) in [6, 6.07) is 0. The molecule has 2 unspecified atom stereocenters. The highest BCUT2D eigenvalue weighted by Crippen LogP contribution is 2.59. The van der Waals surface area contributed by atoms with Gasteiger partial charge in [0.15, 0.2) is 0 Å². The molecule has 3 aliphatic rings. The molecule has 0 aromatic rings. The van der Waals surface area contributed by atoms with Crippen molar-refractivity contribution in [1.82, 2.24) is 9.88 Å². The van der Waals surface area contributed by atoms with Crippen molar-refractivity contribution < 1.29 is 16.8 Å². The lowest BCUT2D eigenvalue weighted by Crippen LogP contribution is -2.47. The molecule has 12 heteroatoms. The molecule has 1 N–H and O–H groups in total. The fourth-order valence-electron chi connectivity index (χ4n) is 5.61. The lowest BCUT2D eigenvalue weighted by atomic mass is 10.2. The Kier molecular flexibility index (Phi) is 18.3. The molecule has 228 valence electrons. The first-order chi connectivity index (χ1) is 17.6. The van der Waals surface area contributed by atoms with E-state index < -0.39 is 18.6 Å². The molecular weight excluding hydrogens is 588 g/mol. The van der Waals surface area contributed by atoms with Crippen molar-refractivity contribution in [3.8, 4) is 0 Å². The van der Waals surface area contributed by atoms with Crippen LogP contribution in [0.15, 0.2) is 0 Å². The van der Waals surface area contributed by atoms with Crippen molar-refractivity contribution >= 4 is 53.0 Å². The van der Waals surface area contributed by atoms with Crippen molar-refractivity contribution in [2.45, 2.75) is 115 Å². The van der Waals surface area contributed by atoms with Crippen molar-refractivity contribution in [3.05, 3.63) is 0 Å². The van der Waals surface area contributed by atoms with E-state index in [0.717, 1.165) is 22.6 Å². The van der Waals surface area contributed by atoms with Crippen LogP contribution in [0.25, 0.3) is 0 Å². The molecule has 6 nitrogen and oxygen atoms in total. The summed E-state index contributed by atoms with van der Waals surface area (Å²) in [4.78, 5) is 0. The Labute approximate surface area is 245 Å². The summed E-state index contributed by atoms with van der Waals surface area (Å²) in [5.41, 5.74) is 4.21. The van der Waals surface area contributed by atoms with Gasteiger partial charge in [0.1, 0.15) is 8.24 Å².